The van der Waals surface area contributed by atoms with Crippen LogP contribution in [-0.4, -0.2) is 22.7 Å². The second-order valence-electron chi connectivity index (χ2n) is 5.05. The minimum Gasteiger partial charge on any atom is -0.489 e. The Bertz CT molecular complexity index is 531. The molecule has 2 rings (SSSR count). The van der Waals surface area contributed by atoms with Gasteiger partial charge in [0, 0.05) is 42.7 Å². The van der Waals surface area contributed by atoms with Crippen molar-refractivity contribution >= 4 is 0 Å². The van der Waals surface area contributed by atoms with Crippen LogP contribution in [0.5, 0.6) is 5.75 Å². The third-order valence-corrected chi connectivity index (χ3v) is 3.29. The minimum atomic E-state index is 0.202. The summed E-state index contributed by atoms with van der Waals surface area (Å²) in [4.78, 5) is 4.08. The molecule has 0 aliphatic heterocycles. The van der Waals surface area contributed by atoms with E-state index in [1.165, 1.54) is 0 Å². The molecule has 2 N–H and O–H groups in total. The number of para-hydroxylation sites is 1. The van der Waals surface area contributed by atoms with Gasteiger partial charge in [-0.2, -0.15) is 0 Å². The Morgan fingerprint density at radius 3 is 2.86 bits per heavy atom. The van der Waals surface area contributed by atoms with E-state index in [0.29, 0.717) is 6.61 Å². The number of aliphatic hydroxyl groups excluding tert-OH is 1. The lowest BCUT2D eigenvalue weighted by Crippen LogP contribution is -2.26. The van der Waals surface area contributed by atoms with Crippen LogP contribution in [0.2, 0.25) is 0 Å². The van der Waals surface area contributed by atoms with E-state index in [4.69, 9.17) is 9.84 Å². The molecule has 1 aromatic heterocycles. The van der Waals surface area contributed by atoms with Crippen LogP contribution in [-0.2, 0) is 13.2 Å². The third-order valence-electron chi connectivity index (χ3n) is 3.29. The lowest BCUT2D eigenvalue weighted by molar-refractivity contribution is 0.267. The van der Waals surface area contributed by atoms with E-state index in [1.807, 2.05) is 36.5 Å². The van der Waals surface area contributed by atoms with Gasteiger partial charge in [-0.25, -0.2) is 0 Å². The molecule has 4 nitrogen and oxygen atoms in total. The van der Waals surface area contributed by atoms with Crippen molar-refractivity contribution in [3.63, 3.8) is 0 Å². The summed E-state index contributed by atoms with van der Waals surface area (Å²) >= 11 is 0. The first-order chi connectivity index (χ1) is 10.3. The van der Waals surface area contributed by atoms with Crippen molar-refractivity contribution in [1.82, 2.24) is 10.3 Å². The lowest BCUT2D eigenvalue weighted by atomic mass is 10.1. The number of rotatable bonds is 8. The van der Waals surface area contributed by atoms with Crippen LogP contribution in [0.4, 0.5) is 0 Å². The zero-order chi connectivity index (χ0) is 14.9. The molecule has 0 bridgehead atoms. The van der Waals surface area contributed by atoms with Crippen LogP contribution in [0.1, 0.15) is 24.5 Å². The number of ether oxygens (including phenoxy) is 1. The fraction of sp³-hybridized carbons (Fsp3) is 0.353. The van der Waals surface area contributed by atoms with Gasteiger partial charge in [-0.1, -0.05) is 24.3 Å². The summed E-state index contributed by atoms with van der Waals surface area (Å²) in [6.45, 7) is 3.50. The fourth-order valence-corrected chi connectivity index (χ4v) is 2.02. The van der Waals surface area contributed by atoms with Gasteiger partial charge in [0.15, 0.2) is 0 Å². The summed E-state index contributed by atoms with van der Waals surface area (Å²) in [6.07, 6.45) is 4.31. The number of aromatic nitrogens is 1. The van der Waals surface area contributed by atoms with E-state index >= 15 is 0 Å². The van der Waals surface area contributed by atoms with Crippen LogP contribution >= 0.6 is 0 Å². The van der Waals surface area contributed by atoms with Crippen molar-refractivity contribution in [2.24, 2.45) is 0 Å². The van der Waals surface area contributed by atoms with E-state index in [2.05, 4.69) is 23.3 Å². The molecule has 0 aliphatic carbocycles. The van der Waals surface area contributed by atoms with Crippen LogP contribution in [0.25, 0.3) is 0 Å². The first-order valence-corrected chi connectivity index (χ1v) is 7.23. The molecule has 0 radical (unpaired) electrons. The molecule has 112 valence electrons. The van der Waals surface area contributed by atoms with Gasteiger partial charge in [0.25, 0.3) is 0 Å². The highest BCUT2D eigenvalue weighted by Gasteiger charge is 2.06. The van der Waals surface area contributed by atoms with E-state index in [1.54, 1.807) is 6.20 Å². The molecule has 1 atom stereocenters. The molecule has 2 aromatic rings. The summed E-state index contributed by atoms with van der Waals surface area (Å²) in [5, 5.41) is 12.3. The number of nitrogens with one attached hydrogen (secondary N) is 1. The number of pyridine rings is 1. The average Bonchev–Trinajstić information content (AvgIpc) is 2.53. The van der Waals surface area contributed by atoms with Crippen molar-refractivity contribution in [2.75, 3.05) is 6.61 Å². The van der Waals surface area contributed by atoms with Gasteiger partial charge in [-0.05, 0) is 25.5 Å². The highest BCUT2D eigenvalue weighted by atomic mass is 16.5. The second-order valence-corrected chi connectivity index (χ2v) is 5.05. The van der Waals surface area contributed by atoms with Crippen molar-refractivity contribution in [3.05, 3.63) is 59.9 Å². The van der Waals surface area contributed by atoms with Gasteiger partial charge in [-0.3, -0.25) is 4.98 Å². The van der Waals surface area contributed by atoms with Gasteiger partial charge < -0.3 is 15.2 Å². The Morgan fingerprint density at radius 1 is 1.24 bits per heavy atom. The maximum Gasteiger partial charge on any atom is 0.124 e. The summed E-state index contributed by atoms with van der Waals surface area (Å²) in [5.41, 5.74) is 2.17. The third kappa shape index (κ3) is 5.17. The van der Waals surface area contributed by atoms with Crippen LogP contribution in [0.15, 0.2) is 48.8 Å². The molecule has 0 spiro atoms. The van der Waals surface area contributed by atoms with Gasteiger partial charge >= 0.3 is 0 Å². The smallest absolute Gasteiger partial charge is 0.124 e. The Balaban J connectivity index is 1.93. The van der Waals surface area contributed by atoms with E-state index < -0.39 is 0 Å². The molecule has 0 aliphatic rings. The number of hydrogen-bond acceptors (Lipinski definition) is 4. The predicted molar refractivity (Wildman–Crippen MR) is 83.0 cm³/mol. The van der Waals surface area contributed by atoms with Gasteiger partial charge in [0.2, 0.25) is 0 Å². The van der Waals surface area contributed by atoms with E-state index in [9.17, 15) is 0 Å². The quantitative estimate of drug-likeness (QED) is 0.783. The molecule has 0 amide bonds. The van der Waals surface area contributed by atoms with Crippen molar-refractivity contribution in [3.8, 4) is 5.75 Å². The second kappa shape index (κ2) is 8.39. The van der Waals surface area contributed by atoms with Crippen molar-refractivity contribution in [1.29, 1.82) is 0 Å². The predicted octanol–water partition coefficient (Wildman–Crippen LogP) is 2.52. The number of aliphatic hydroxyl groups is 1. The Morgan fingerprint density at radius 2 is 2.10 bits per heavy atom. The fourth-order valence-electron chi connectivity index (χ4n) is 2.02. The molecule has 4 heteroatoms. The van der Waals surface area contributed by atoms with Gasteiger partial charge in [0.05, 0.1) is 0 Å². The maximum atomic E-state index is 8.93. The molecular formula is C17H22N2O2. The number of benzene rings is 1. The molecule has 0 unspecified atom stereocenters. The lowest BCUT2D eigenvalue weighted by Gasteiger charge is -2.15. The van der Waals surface area contributed by atoms with Crippen LogP contribution in [0.3, 0.4) is 0 Å². The monoisotopic (exact) mass is 286 g/mol. The average molecular weight is 286 g/mol. The van der Waals surface area contributed by atoms with E-state index in [0.717, 1.165) is 29.8 Å². The molecule has 1 heterocycles. The van der Waals surface area contributed by atoms with Gasteiger partial charge in [0.1, 0.15) is 12.4 Å². The Labute approximate surface area is 125 Å². The highest BCUT2D eigenvalue weighted by molar-refractivity contribution is 5.33. The molecule has 1 aromatic carbocycles. The molecule has 0 saturated heterocycles. The normalized spacial score (nSPS) is 12.1. The zero-order valence-electron chi connectivity index (χ0n) is 12.3. The van der Waals surface area contributed by atoms with E-state index in [-0.39, 0.29) is 12.6 Å². The molecule has 0 fully saturated rings. The van der Waals surface area contributed by atoms with Crippen LogP contribution < -0.4 is 10.1 Å². The first-order valence-electron chi connectivity index (χ1n) is 7.23. The topological polar surface area (TPSA) is 54.4 Å². The van der Waals surface area contributed by atoms with Crippen LogP contribution in [0, 0.1) is 0 Å². The molecule has 0 saturated carbocycles. The first kappa shape index (κ1) is 15.5. The Kier molecular flexibility index (Phi) is 6.19. The summed E-state index contributed by atoms with van der Waals surface area (Å²) < 4.78 is 5.89. The molecular weight excluding hydrogens is 264 g/mol. The standard InChI is InChI=1S/C17H22N2O2/c1-14(8-10-20)19-12-16-6-2-3-7-17(16)21-13-15-5-4-9-18-11-15/h2-7,9,11,14,19-20H,8,10,12-13H2,1H3/t14-/m1/s1. The highest BCUT2D eigenvalue weighted by Crippen LogP contribution is 2.19. The summed E-state index contributed by atoms with van der Waals surface area (Å²) in [7, 11) is 0. The molecule has 21 heavy (non-hydrogen) atoms. The van der Waals surface area contributed by atoms with Gasteiger partial charge in [-0.15, -0.1) is 0 Å². The number of nitrogens with zero attached hydrogens (tertiary/aromatic N) is 1. The van der Waals surface area contributed by atoms with Crippen molar-refractivity contribution < 1.29 is 9.84 Å². The SMILES string of the molecule is C[C@H](CCO)NCc1ccccc1OCc1cccnc1. The summed E-state index contributed by atoms with van der Waals surface area (Å²) in [5.74, 6) is 0.880. The number of hydrogen-bond donors (Lipinski definition) is 2. The van der Waals surface area contributed by atoms with Crippen molar-refractivity contribution in [2.45, 2.75) is 32.5 Å². The maximum absolute atomic E-state index is 8.93. The minimum absolute atomic E-state index is 0.202. The largest absolute Gasteiger partial charge is 0.489 e. The zero-order valence-corrected chi connectivity index (χ0v) is 12.3. The summed E-state index contributed by atoms with van der Waals surface area (Å²) in [6, 6.07) is 12.2. The Hall–Kier alpha value is -1.91.